The lowest BCUT2D eigenvalue weighted by atomic mass is 10.2. The number of benzene rings is 2. The third kappa shape index (κ3) is 5.40. The highest BCUT2D eigenvalue weighted by molar-refractivity contribution is 8.00. The molecular formula is C22H26ClN3O4S2. The number of hydrogen-bond acceptors (Lipinski definition) is 6. The zero-order valence-corrected chi connectivity index (χ0v) is 20.0. The van der Waals surface area contributed by atoms with E-state index in [1.807, 2.05) is 18.2 Å². The van der Waals surface area contributed by atoms with Crippen LogP contribution in [0.4, 0.5) is 11.4 Å². The van der Waals surface area contributed by atoms with Crippen molar-refractivity contribution in [2.75, 3.05) is 55.4 Å². The Balaban J connectivity index is 1.55. The van der Waals surface area contributed by atoms with Gasteiger partial charge in [0.15, 0.2) is 0 Å². The maximum Gasteiger partial charge on any atom is 0.243 e. The van der Waals surface area contributed by atoms with Crippen molar-refractivity contribution in [1.29, 1.82) is 0 Å². The van der Waals surface area contributed by atoms with Gasteiger partial charge in [0.05, 0.1) is 40.3 Å². The molecule has 10 heteroatoms. The lowest BCUT2D eigenvalue weighted by molar-refractivity contribution is -0.113. The van der Waals surface area contributed by atoms with Gasteiger partial charge in [-0.15, -0.1) is 11.8 Å². The van der Waals surface area contributed by atoms with Gasteiger partial charge < -0.3 is 15.0 Å². The van der Waals surface area contributed by atoms with E-state index < -0.39 is 10.0 Å². The van der Waals surface area contributed by atoms with Gasteiger partial charge in [0.2, 0.25) is 15.9 Å². The standard InChI is InChI=1S/C22H26ClN3O4S2/c23-18-5-1-2-6-21(18)31-16-22(27)24-19-15-17(7-8-20(19)25-9-3-4-10-25)32(28,29)26-11-13-30-14-12-26/h1-2,5-8,15H,3-4,9-14,16H2,(H,24,27). The molecule has 2 fully saturated rings. The minimum atomic E-state index is -3.66. The number of amides is 1. The molecule has 0 atom stereocenters. The maximum absolute atomic E-state index is 13.1. The molecule has 0 spiro atoms. The van der Waals surface area contributed by atoms with E-state index in [1.165, 1.54) is 16.1 Å². The van der Waals surface area contributed by atoms with Crippen molar-refractivity contribution in [3.8, 4) is 0 Å². The summed E-state index contributed by atoms with van der Waals surface area (Å²) in [7, 11) is -3.66. The average Bonchev–Trinajstić information content (AvgIpc) is 3.34. The van der Waals surface area contributed by atoms with Gasteiger partial charge in [-0.05, 0) is 43.2 Å². The van der Waals surface area contributed by atoms with Gasteiger partial charge >= 0.3 is 0 Å². The van der Waals surface area contributed by atoms with E-state index in [2.05, 4.69) is 10.2 Å². The molecule has 0 radical (unpaired) electrons. The largest absolute Gasteiger partial charge is 0.379 e. The number of carbonyl (C=O) groups is 1. The molecular weight excluding hydrogens is 470 g/mol. The van der Waals surface area contributed by atoms with E-state index in [4.69, 9.17) is 16.3 Å². The minimum Gasteiger partial charge on any atom is -0.379 e. The molecule has 0 aliphatic carbocycles. The molecule has 172 valence electrons. The number of nitrogens with one attached hydrogen (secondary N) is 1. The van der Waals surface area contributed by atoms with Gasteiger partial charge in [0.1, 0.15) is 0 Å². The number of morpholine rings is 1. The van der Waals surface area contributed by atoms with Crippen molar-refractivity contribution >= 4 is 50.7 Å². The van der Waals surface area contributed by atoms with Gasteiger partial charge in [-0.3, -0.25) is 4.79 Å². The second kappa shape index (κ2) is 10.4. The van der Waals surface area contributed by atoms with E-state index in [0.717, 1.165) is 36.5 Å². The fourth-order valence-electron chi connectivity index (χ4n) is 3.84. The molecule has 2 aliphatic heterocycles. The maximum atomic E-state index is 13.1. The Morgan fingerprint density at radius 3 is 2.50 bits per heavy atom. The molecule has 0 unspecified atom stereocenters. The fourth-order valence-corrected chi connectivity index (χ4v) is 6.31. The highest BCUT2D eigenvalue weighted by Gasteiger charge is 2.28. The number of anilines is 2. The zero-order chi connectivity index (χ0) is 22.6. The fraction of sp³-hybridized carbons (Fsp3) is 0.409. The van der Waals surface area contributed by atoms with E-state index in [0.29, 0.717) is 37.0 Å². The Morgan fingerprint density at radius 1 is 1.06 bits per heavy atom. The zero-order valence-electron chi connectivity index (χ0n) is 17.6. The van der Waals surface area contributed by atoms with Crippen LogP contribution in [0.5, 0.6) is 0 Å². The Labute approximate surface area is 198 Å². The summed E-state index contributed by atoms with van der Waals surface area (Å²) in [6.07, 6.45) is 2.15. The summed E-state index contributed by atoms with van der Waals surface area (Å²) in [5.74, 6) is -0.0415. The topological polar surface area (TPSA) is 79.0 Å². The molecule has 4 rings (SSSR count). The summed E-state index contributed by atoms with van der Waals surface area (Å²) in [6, 6.07) is 12.4. The predicted octanol–water partition coefficient (Wildman–Crippen LogP) is 3.69. The number of rotatable bonds is 7. The molecule has 2 aromatic carbocycles. The summed E-state index contributed by atoms with van der Waals surface area (Å²) >= 11 is 7.53. The van der Waals surface area contributed by atoms with Gasteiger partial charge in [-0.1, -0.05) is 23.7 Å². The number of halogens is 1. The van der Waals surface area contributed by atoms with Crippen LogP contribution in [-0.4, -0.2) is 63.8 Å². The van der Waals surface area contributed by atoms with Crippen molar-refractivity contribution in [1.82, 2.24) is 4.31 Å². The Kier molecular flexibility index (Phi) is 7.63. The highest BCUT2D eigenvalue weighted by atomic mass is 35.5. The molecule has 0 saturated carbocycles. The molecule has 0 bridgehead atoms. The van der Waals surface area contributed by atoms with Crippen LogP contribution in [0, 0.1) is 0 Å². The first-order valence-corrected chi connectivity index (χ1v) is 13.4. The second-order valence-electron chi connectivity index (χ2n) is 7.66. The van der Waals surface area contributed by atoms with Gasteiger partial charge in [0, 0.05) is 31.1 Å². The van der Waals surface area contributed by atoms with Crippen LogP contribution in [0.3, 0.4) is 0 Å². The Morgan fingerprint density at radius 2 is 1.78 bits per heavy atom. The first kappa shape index (κ1) is 23.4. The van der Waals surface area contributed by atoms with Crippen molar-refractivity contribution in [3.05, 3.63) is 47.5 Å². The molecule has 7 nitrogen and oxygen atoms in total. The summed E-state index contributed by atoms with van der Waals surface area (Å²) in [5.41, 5.74) is 1.37. The van der Waals surface area contributed by atoms with Crippen molar-refractivity contribution < 1.29 is 17.9 Å². The van der Waals surface area contributed by atoms with Crippen LogP contribution in [0.15, 0.2) is 52.3 Å². The molecule has 2 aromatic rings. The quantitative estimate of drug-likeness (QED) is 0.590. The number of ether oxygens (including phenoxy) is 1. The highest BCUT2D eigenvalue weighted by Crippen LogP contribution is 2.33. The monoisotopic (exact) mass is 495 g/mol. The first-order valence-electron chi connectivity index (χ1n) is 10.6. The third-order valence-electron chi connectivity index (χ3n) is 5.49. The van der Waals surface area contributed by atoms with E-state index in [1.54, 1.807) is 24.3 Å². The van der Waals surface area contributed by atoms with E-state index >= 15 is 0 Å². The van der Waals surface area contributed by atoms with Gasteiger partial charge in [-0.25, -0.2) is 8.42 Å². The van der Waals surface area contributed by atoms with Crippen LogP contribution >= 0.6 is 23.4 Å². The van der Waals surface area contributed by atoms with E-state index in [9.17, 15) is 13.2 Å². The normalized spacial score (nSPS) is 17.5. The SMILES string of the molecule is O=C(CSc1ccccc1Cl)Nc1cc(S(=O)(=O)N2CCOCC2)ccc1N1CCCC1. The smallest absolute Gasteiger partial charge is 0.243 e. The lowest BCUT2D eigenvalue weighted by Crippen LogP contribution is -2.40. The number of carbonyl (C=O) groups excluding carboxylic acids is 1. The summed E-state index contributed by atoms with van der Waals surface area (Å²) < 4.78 is 33.0. The Bertz CT molecular complexity index is 1070. The number of hydrogen-bond donors (Lipinski definition) is 1. The molecule has 0 aromatic heterocycles. The number of thioether (sulfide) groups is 1. The molecule has 2 saturated heterocycles. The number of sulfonamides is 1. The van der Waals surface area contributed by atoms with Crippen molar-refractivity contribution in [3.63, 3.8) is 0 Å². The summed E-state index contributed by atoms with van der Waals surface area (Å²) in [4.78, 5) is 15.9. The molecule has 1 N–H and O–H groups in total. The minimum absolute atomic E-state index is 0.170. The predicted molar refractivity (Wildman–Crippen MR) is 128 cm³/mol. The Hall–Kier alpha value is -1.78. The van der Waals surface area contributed by atoms with Crippen LogP contribution in [0.1, 0.15) is 12.8 Å². The van der Waals surface area contributed by atoms with Crippen LogP contribution in [-0.2, 0) is 19.6 Å². The summed E-state index contributed by atoms with van der Waals surface area (Å²) in [5, 5.41) is 3.54. The first-order chi connectivity index (χ1) is 15.4. The molecule has 1 amide bonds. The van der Waals surface area contributed by atoms with Crippen LogP contribution < -0.4 is 10.2 Å². The second-order valence-corrected chi connectivity index (χ2v) is 11.0. The van der Waals surface area contributed by atoms with Gasteiger partial charge in [-0.2, -0.15) is 4.31 Å². The lowest BCUT2D eigenvalue weighted by Gasteiger charge is -2.27. The number of nitrogens with zero attached hydrogens (tertiary/aromatic N) is 2. The molecule has 32 heavy (non-hydrogen) atoms. The van der Waals surface area contributed by atoms with Crippen LogP contribution in [0.25, 0.3) is 0 Å². The van der Waals surface area contributed by atoms with Crippen molar-refractivity contribution in [2.24, 2.45) is 0 Å². The summed E-state index contributed by atoms with van der Waals surface area (Å²) in [6.45, 7) is 3.18. The molecule has 2 aliphatic rings. The molecule has 2 heterocycles. The van der Waals surface area contributed by atoms with Crippen LogP contribution in [0.2, 0.25) is 5.02 Å². The van der Waals surface area contributed by atoms with Crippen molar-refractivity contribution in [2.45, 2.75) is 22.6 Å². The van der Waals surface area contributed by atoms with E-state index in [-0.39, 0.29) is 16.6 Å². The third-order valence-corrected chi connectivity index (χ3v) is 8.90. The van der Waals surface area contributed by atoms with Gasteiger partial charge in [0.25, 0.3) is 0 Å². The average molecular weight is 496 g/mol.